The second-order valence-corrected chi connectivity index (χ2v) is 8.52. The molecule has 4 aromatic rings. The summed E-state index contributed by atoms with van der Waals surface area (Å²) in [7, 11) is 0. The molecule has 1 amide bonds. The van der Waals surface area contributed by atoms with Crippen LogP contribution in [0.2, 0.25) is 0 Å². The molecule has 10 heteroatoms. The van der Waals surface area contributed by atoms with E-state index in [0.717, 1.165) is 36.3 Å². The van der Waals surface area contributed by atoms with E-state index in [1.54, 1.807) is 41.8 Å². The van der Waals surface area contributed by atoms with Gasteiger partial charge in [0.25, 0.3) is 11.6 Å². The quantitative estimate of drug-likeness (QED) is 0.220. The maximum Gasteiger partial charge on any atom is 0.280 e. The number of nitro groups is 1. The van der Waals surface area contributed by atoms with Crippen LogP contribution in [-0.4, -0.2) is 31.0 Å². The van der Waals surface area contributed by atoms with Crippen LogP contribution in [0.5, 0.6) is 0 Å². The molecule has 3 aromatic heterocycles. The number of nitrogens with zero attached hydrogens (tertiary/aromatic N) is 5. The zero-order valence-electron chi connectivity index (χ0n) is 16.9. The van der Waals surface area contributed by atoms with Crippen molar-refractivity contribution in [2.45, 2.75) is 25.7 Å². The van der Waals surface area contributed by atoms with Crippen LogP contribution in [0.4, 0.5) is 5.69 Å². The number of pyridine rings is 1. The van der Waals surface area contributed by atoms with Crippen molar-refractivity contribution in [1.29, 1.82) is 0 Å². The van der Waals surface area contributed by atoms with Crippen LogP contribution >= 0.6 is 11.3 Å². The number of rotatable bonds is 4. The summed E-state index contributed by atoms with van der Waals surface area (Å²) >= 11 is 1.59. The summed E-state index contributed by atoms with van der Waals surface area (Å²) in [6, 6.07) is 9.50. The van der Waals surface area contributed by atoms with Crippen molar-refractivity contribution in [3.05, 3.63) is 80.7 Å². The molecule has 9 nitrogen and oxygen atoms in total. The van der Waals surface area contributed by atoms with Crippen LogP contribution < -0.4 is 5.73 Å². The Morgan fingerprint density at radius 1 is 1.22 bits per heavy atom. The van der Waals surface area contributed by atoms with Gasteiger partial charge in [-0.1, -0.05) is 12.1 Å². The lowest BCUT2D eigenvalue weighted by Crippen LogP contribution is -2.20. The van der Waals surface area contributed by atoms with Crippen LogP contribution in [0.3, 0.4) is 0 Å². The first kappa shape index (κ1) is 20.0. The first-order valence-corrected chi connectivity index (χ1v) is 10.9. The lowest BCUT2D eigenvalue weighted by atomic mass is 10.0. The molecule has 0 saturated heterocycles. The number of fused-ring (bicyclic) bond motifs is 3. The number of aryl methyl sites for hydroxylation is 2. The Morgan fingerprint density at radius 3 is 2.84 bits per heavy atom. The summed E-state index contributed by atoms with van der Waals surface area (Å²) in [5.74, 6) is -0.501. The zero-order chi connectivity index (χ0) is 22.2. The third-order valence-electron chi connectivity index (χ3n) is 5.42. The summed E-state index contributed by atoms with van der Waals surface area (Å²) in [5, 5.41) is 11.3. The minimum atomic E-state index is -0.514. The van der Waals surface area contributed by atoms with Crippen LogP contribution in [0, 0.1) is 10.1 Å². The average Bonchev–Trinajstić information content (AvgIpc) is 3.36. The van der Waals surface area contributed by atoms with E-state index < -0.39 is 10.8 Å². The molecule has 0 saturated carbocycles. The Hall–Kier alpha value is -3.92. The number of thiazole rings is 1. The Balaban J connectivity index is 1.71. The fourth-order valence-corrected chi connectivity index (χ4v) is 5.17. The molecule has 1 aliphatic rings. The Morgan fingerprint density at radius 2 is 2.06 bits per heavy atom. The van der Waals surface area contributed by atoms with Gasteiger partial charge in [0.05, 0.1) is 10.5 Å². The molecule has 160 valence electrons. The molecule has 3 heterocycles. The van der Waals surface area contributed by atoms with Crippen molar-refractivity contribution in [2.75, 3.05) is 0 Å². The molecule has 1 aromatic carbocycles. The summed E-state index contributed by atoms with van der Waals surface area (Å²) in [6.45, 7) is 0. The van der Waals surface area contributed by atoms with Crippen molar-refractivity contribution >= 4 is 33.7 Å². The molecule has 2 N–H and O–H groups in total. The van der Waals surface area contributed by atoms with Crippen LogP contribution in [0.1, 0.15) is 39.5 Å². The summed E-state index contributed by atoms with van der Waals surface area (Å²) < 4.78 is 1.96. The lowest BCUT2D eigenvalue weighted by molar-refractivity contribution is -0.384. The number of hydrogen-bond acceptors (Lipinski definition) is 6. The zero-order valence-corrected chi connectivity index (χ0v) is 17.7. The number of aliphatic imine (C=N–C) groups is 1. The normalized spacial score (nSPS) is 13.8. The number of amides is 1. The number of benzene rings is 1. The predicted molar refractivity (Wildman–Crippen MR) is 121 cm³/mol. The Labute approximate surface area is 186 Å². The van der Waals surface area contributed by atoms with Crippen molar-refractivity contribution in [1.82, 2.24) is 14.4 Å². The summed E-state index contributed by atoms with van der Waals surface area (Å²) in [4.78, 5) is 38.4. The molecule has 0 spiro atoms. The van der Waals surface area contributed by atoms with Crippen molar-refractivity contribution < 1.29 is 9.72 Å². The Kier molecular flexibility index (Phi) is 4.98. The lowest BCUT2D eigenvalue weighted by Gasteiger charge is -2.12. The molecule has 0 aliphatic heterocycles. The number of carbonyl (C=O) groups is 1. The summed E-state index contributed by atoms with van der Waals surface area (Å²) in [5.41, 5.74) is 9.27. The number of non-ortho nitro benzene ring substituents is 1. The molecular formula is C22H18N6O3S. The highest BCUT2D eigenvalue weighted by molar-refractivity contribution is 7.17. The molecule has 0 bridgehead atoms. The SMILES string of the molecule is NC(=NC(=O)c1cccnc1)c1c(-c2cccc([N+](=O)[O-])c2)nc2sc3c(n12)CCCC3. The second-order valence-electron chi connectivity index (χ2n) is 7.46. The van der Waals surface area contributed by atoms with Gasteiger partial charge in [0.15, 0.2) is 10.8 Å². The van der Waals surface area contributed by atoms with E-state index in [4.69, 9.17) is 10.7 Å². The number of imidazole rings is 1. The smallest absolute Gasteiger partial charge is 0.280 e. The first-order chi connectivity index (χ1) is 15.5. The molecule has 0 radical (unpaired) electrons. The second kappa shape index (κ2) is 7.97. The van der Waals surface area contributed by atoms with E-state index in [0.29, 0.717) is 22.5 Å². The van der Waals surface area contributed by atoms with Gasteiger partial charge in [-0.3, -0.25) is 24.3 Å². The molecule has 32 heavy (non-hydrogen) atoms. The largest absolute Gasteiger partial charge is 0.382 e. The first-order valence-electron chi connectivity index (χ1n) is 10.1. The number of carbonyl (C=O) groups excluding carboxylic acids is 1. The number of nitrogens with two attached hydrogens (primary N) is 1. The maximum absolute atomic E-state index is 12.7. The van der Waals surface area contributed by atoms with E-state index >= 15 is 0 Å². The molecular weight excluding hydrogens is 428 g/mol. The number of amidine groups is 1. The summed E-state index contributed by atoms with van der Waals surface area (Å²) in [6.07, 6.45) is 7.01. The van der Waals surface area contributed by atoms with Crippen LogP contribution in [0.25, 0.3) is 16.2 Å². The van der Waals surface area contributed by atoms with Crippen molar-refractivity contribution in [2.24, 2.45) is 10.7 Å². The average molecular weight is 446 g/mol. The third kappa shape index (κ3) is 3.44. The van der Waals surface area contributed by atoms with E-state index in [2.05, 4.69) is 9.98 Å². The fraction of sp³-hybridized carbons (Fsp3) is 0.182. The molecule has 0 fully saturated rings. The fourth-order valence-electron chi connectivity index (χ4n) is 3.96. The highest BCUT2D eigenvalue weighted by Crippen LogP contribution is 2.35. The van der Waals surface area contributed by atoms with E-state index in [-0.39, 0.29) is 11.5 Å². The van der Waals surface area contributed by atoms with Gasteiger partial charge in [-0.2, -0.15) is 4.99 Å². The van der Waals surface area contributed by atoms with Gasteiger partial charge < -0.3 is 5.73 Å². The van der Waals surface area contributed by atoms with Crippen molar-refractivity contribution in [3.63, 3.8) is 0 Å². The predicted octanol–water partition coefficient (Wildman–Crippen LogP) is 3.79. The number of nitro benzene ring substituents is 1. The van der Waals surface area contributed by atoms with E-state index in [9.17, 15) is 14.9 Å². The molecule has 5 rings (SSSR count). The highest BCUT2D eigenvalue weighted by atomic mass is 32.1. The standard InChI is InChI=1S/C22H18N6O3S/c23-20(26-21(29)14-6-4-10-24-12-14)19-18(13-5-3-7-15(11-13)28(30)31)25-22-27(19)16-8-1-2-9-17(16)32-22/h3-7,10-12H,1-2,8-9H2,(H2,23,26,29). The molecule has 1 aliphatic carbocycles. The van der Waals surface area contributed by atoms with Gasteiger partial charge in [0.2, 0.25) is 0 Å². The molecule has 0 unspecified atom stereocenters. The monoisotopic (exact) mass is 446 g/mol. The van der Waals surface area contributed by atoms with Gasteiger partial charge in [0.1, 0.15) is 11.4 Å². The highest BCUT2D eigenvalue weighted by Gasteiger charge is 2.26. The van der Waals surface area contributed by atoms with Gasteiger partial charge in [0, 0.05) is 40.7 Å². The van der Waals surface area contributed by atoms with Gasteiger partial charge >= 0.3 is 0 Å². The van der Waals surface area contributed by atoms with E-state index in [1.165, 1.54) is 23.2 Å². The number of aromatic nitrogens is 3. The molecule has 0 atom stereocenters. The topological polar surface area (TPSA) is 129 Å². The van der Waals surface area contributed by atoms with Gasteiger partial charge in [-0.05, 0) is 37.8 Å². The van der Waals surface area contributed by atoms with Gasteiger partial charge in [-0.15, -0.1) is 11.3 Å². The van der Waals surface area contributed by atoms with Crippen LogP contribution in [0.15, 0.2) is 53.8 Å². The number of hydrogen-bond donors (Lipinski definition) is 1. The Bertz CT molecular complexity index is 1390. The minimum absolute atomic E-state index is 0.0130. The maximum atomic E-state index is 12.7. The van der Waals surface area contributed by atoms with Crippen molar-refractivity contribution in [3.8, 4) is 11.3 Å². The minimum Gasteiger partial charge on any atom is -0.382 e. The van der Waals surface area contributed by atoms with Crippen LogP contribution in [-0.2, 0) is 12.8 Å². The van der Waals surface area contributed by atoms with E-state index in [1.807, 2.05) is 4.40 Å². The third-order valence-corrected chi connectivity index (χ3v) is 6.57. The van der Waals surface area contributed by atoms with Gasteiger partial charge in [-0.25, -0.2) is 4.98 Å².